The van der Waals surface area contributed by atoms with Gasteiger partial charge in [0.15, 0.2) is 0 Å². The SMILES string of the molecule is CCCN(C(C)COS(=O)(=O)c1ccc(C)cc1)S(=O)(=O)c1sc2ccc(Cl)cc2c1C.Cc1ccc(S(=O)(=O)O)cc1. The van der Waals surface area contributed by atoms with Crippen molar-refractivity contribution in [2.45, 2.75) is 61.1 Å². The van der Waals surface area contributed by atoms with Crippen LogP contribution in [0.15, 0.2) is 80.7 Å². The predicted molar refractivity (Wildman–Crippen MR) is 171 cm³/mol. The Morgan fingerprint density at radius 2 is 1.40 bits per heavy atom. The molecule has 4 rings (SSSR count). The summed E-state index contributed by atoms with van der Waals surface area (Å²) in [6, 6.07) is 16.9. The highest BCUT2D eigenvalue weighted by molar-refractivity contribution is 7.91. The molecule has 0 bridgehead atoms. The third-order valence-electron chi connectivity index (χ3n) is 6.43. The number of hydrogen-bond donors (Lipinski definition) is 1. The molecule has 14 heteroatoms. The molecule has 9 nitrogen and oxygen atoms in total. The van der Waals surface area contributed by atoms with Crippen molar-refractivity contribution in [1.29, 1.82) is 0 Å². The van der Waals surface area contributed by atoms with Crippen molar-refractivity contribution < 1.29 is 34.0 Å². The molecule has 0 saturated carbocycles. The minimum absolute atomic E-state index is 0.0393. The Morgan fingerprint density at radius 1 is 0.860 bits per heavy atom. The lowest BCUT2D eigenvalue weighted by molar-refractivity contribution is 0.219. The zero-order valence-corrected chi connectivity index (χ0v) is 28.3. The van der Waals surface area contributed by atoms with Crippen LogP contribution < -0.4 is 0 Å². The van der Waals surface area contributed by atoms with Crippen LogP contribution in [0, 0.1) is 20.8 Å². The van der Waals surface area contributed by atoms with Gasteiger partial charge < -0.3 is 0 Å². The third-order valence-corrected chi connectivity index (χ3v) is 12.7. The summed E-state index contributed by atoms with van der Waals surface area (Å²) >= 11 is 7.28. The summed E-state index contributed by atoms with van der Waals surface area (Å²) < 4.78 is 89.4. The van der Waals surface area contributed by atoms with Gasteiger partial charge in [-0.3, -0.25) is 8.74 Å². The molecule has 234 valence electrons. The number of thiophene rings is 1. The van der Waals surface area contributed by atoms with E-state index < -0.39 is 36.3 Å². The molecule has 0 aliphatic rings. The van der Waals surface area contributed by atoms with E-state index in [9.17, 15) is 25.3 Å². The highest BCUT2D eigenvalue weighted by Gasteiger charge is 2.33. The number of sulfonamides is 1. The summed E-state index contributed by atoms with van der Waals surface area (Å²) in [5, 5.41) is 1.33. The van der Waals surface area contributed by atoms with E-state index >= 15 is 0 Å². The minimum Gasteiger partial charge on any atom is -0.282 e. The normalized spacial score (nSPS) is 13.1. The number of aryl methyl sites for hydroxylation is 3. The Labute approximate surface area is 263 Å². The molecule has 0 radical (unpaired) electrons. The quantitative estimate of drug-likeness (QED) is 0.145. The van der Waals surface area contributed by atoms with Gasteiger partial charge in [0.25, 0.3) is 30.3 Å². The first kappa shape index (κ1) is 35.1. The van der Waals surface area contributed by atoms with E-state index in [2.05, 4.69) is 0 Å². The molecule has 1 heterocycles. The van der Waals surface area contributed by atoms with E-state index in [4.69, 9.17) is 20.3 Å². The molecule has 1 unspecified atom stereocenters. The zero-order valence-electron chi connectivity index (χ0n) is 24.3. The van der Waals surface area contributed by atoms with E-state index in [1.54, 1.807) is 56.3 Å². The van der Waals surface area contributed by atoms with Gasteiger partial charge in [-0.15, -0.1) is 11.3 Å². The van der Waals surface area contributed by atoms with Gasteiger partial charge in [-0.25, -0.2) is 8.42 Å². The fourth-order valence-electron chi connectivity index (χ4n) is 4.08. The molecule has 0 saturated heterocycles. The van der Waals surface area contributed by atoms with Crippen LogP contribution in [0.2, 0.25) is 5.02 Å². The Hall–Kier alpha value is -2.36. The number of nitrogens with zero attached hydrogens (tertiary/aromatic N) is 1. The van der Waals surface area contributed by atoms with Crippen molar-refractivity contribution in [3.63, 3.8) is 0 Å². The van der Waals surface area contributed by atoms with E-state index in [-0.39, 0.29) is 27.2 Å². The molecule has 43 heavy (non-hydrogen) atoms. The monoisotopic (exact) mass is 687 g/mol. The van der Waals surface area contributed by atoms with Gasteiger partial charge in [0.1, 0.15) is 4.21 Å². The molecule has 0 fully saturated rings. The molecule has 1 aromatic heterocycles. The van der Waals surface area contributed by atoms with Crippen LogP contribution in [0.4, 0.5) is 0 Å². The third kappa shape index (κ3) is 8.85. The molecule has 1 N–H and O–H groups in total. The Balaban J connectivity index is 0.000000386. The molecule has 0 aliphatic carbocycles. The van der Waals surface area contributed by atoms with Crippen LogP contribution in [0.5, 0.6) is 0 Å². The highest BCUT2D eigenvalue weighted by Crippen LogP contribution is 2.37. The van der Waals surface area contributed by atoms with Crippen LogP contribution in [0.1, 0.15) is 37.0 Å². The lowest BCUT2D eigenvalue weighted by atomic mass is 10.2. The van der Waals surface area contributed by atoms with E-state index in [1.165, 1.54) is 39.9 Å². The highest BCUT2D eigenvalue weighted by atomic mass is 35.5. The predicted octanol–water partition coefficient (Wildman–Crippen LogP) is 6.61. The van der Waals surface area contributed by atoms with Crippen LogP contribution >= 0.6 is 22.9 Å². The number of hydrogen-bond acceptors (Lipinski definition) is 8. The smallest absolute Gasteiger partial charge is 0.282 e. The zero-order chi connectivity index (χ0) is 32.2. The summed E-state index contributed by atoms with van der Waals surface area (Å²) in [7, 11) is -11.9. The van der Waals surface area contributed by atoms with Gasteiger partial charge >= 0.3 is 0 Å². The largest absolute Gasteiger partial charge is 0.297 e. The Morgan fingerprint density at radius 3 is 1.91 bits per heavy atom. The molecule has 4 aromatic rings. The van der Waals surface area contributed by atoms with Crippen molar-refractivity contribution in [1.82, 2.24) is 4.31 Å². The second-order valence-corrected chi connectivity index (χ2v) is 16.6. The van der Waals surface area contributed by atoms with Crippen LogP contribution in [-0.4, -0.2) is 53.3 Å². The Bertz CT molecular complexity index is 1890. The van der Waals surface area contributed by atoms with E-state index in [1.807, 2.05) is 20.8 Å². The van der Waals surface area contributed by atoms with Crippen molar-refractivity contribution in [3.05, 3.63) is 88.4 Å². The lowest BCUT2D eigenvalue weighted by Crippen LogP contribution is -2.42. The fraction of sp³-hybridized carbons (Fsp3) is 0.310. The molecule has 1 atom stereocenters. The van der Waals surface area contributed by atoms with Crippen molar-refractivity contribution in [2.75, 3.05) is 13.2 Å². The summed E-state index contributed by atoms with van der Waals surface area (Å²) in [6.07, 6.45) is 0.573. The molecular formula is C29H34ClNO8S4. The van der Waals surface area contributed by atoms with Gasteiger partial charge in [0.2, 0.25) is 0 Å². The van der Waals surface area contributed by atoms with Crippen molar-refractivity contribution >= 4 is 63.3 Å². The van der Waals surface area contributed by atoms with E-state index in [0.29, 0.717) is 17.0 Å². The van der Waals surface area contributed by atoms with Crippen molar-refractivity contribution in [3.8, 4) is 0 Å². The van der Waals surface area contributed by atoms with Crippen LogP contribution in [0.25, 0.3) is 10.1 Å². The van der Waals surface area contributed by atoms with Gasteiger partial charge in [0, 0.05) is 22.3 Å². The number of fused-ring (bicyclic) bond motifs is 1. The topological polar surface area (TPSA) is 135 Å². The van der Waals surface area contributed by atoms with Gasteiger partial charge in [-0.2, -0.15) is 21.1 Å². The molecule has 3 aromatic carbocycles. The summed E-state index contributed by atoms with van der Waals surface area (Å²) in [6.45, 7) is 8.94. The standard InChI is InChI=1S/C22H26ClNO5S3.C7H8O3S/c1-5-12-24(16(3)14-29-32(27,28)19-9-6-15(2)7-10-19)31(25,26)22-17(4)20-13-18(23)8-11-21(20)30-22;1-6-2-4-7(5-3-6)11(8,9)10/h6-11,13,16H,5,12,14H2,1-4H3;2-5H,1H3,(H,8,9,10). The maximum atomic E-state index is 13.6. The maximum Gasteiger partial charge on any atom is 0.297 e. The molecule has 0 spiro atoms. The van der Waals surface area contributed by atoms with Gasteiger partial charge in [-0.1, -0.05) is 53.9 Å². The van der Waals surface area contributed by atoms with Crippen LogP contribution in [0.3, 0.4) is 0 Å². The first-order chi connectivity index (χ1) is 20.0. The number of halogens is 1. The maximum absolute atomic E-state index is 13.6. The van der Waals surface area contributed by atoms with Crippen molar-refractivity contribution in [2.24, 2.45) is 0 Å². The molecule has 0 aliphatic heterocycles. The Kier molecular flexibility index (Phi) is 11.6. The average Bonchev–Trinajstić information content (AvgIpc) is 3.27. The summed E-state index contributed by atoms with van der Waals surface area (Å²) in [5.74, 6) is 0. The number of rotatable bonds is 10. The van der Waals surface area contributed by atoms with E-state index in [0.717, 1.165) is 21.2 Å². The van der Waals surface area contributed by atoms with Gasteiger partial charge in [0.05, 0.1) is 16.4 Å². The first-order valence-electron chi connectivity index (χ1n) is 13.2. The summed E-state index contributed by atoms with van der Waals surface area (Å²) in [4.78, 5) is -0.0273. The second-order valence-electron chi connectivity index (χ2n) is 9.96. The minimum atomic E-state index is -4.02. The number of benzene rings is 3. The fourth-order valence-corrected chi connectivity index (χ4v) is 9.28. The lowest BCUT2D eigenvalue weighted by Gasteiger charge is -2.27. The molecular weight excluding hydrogens is 654 g/mol. The second kappa shape index (κ2) is 14.2. The molecule has 0 amide bonds. The summed E-state index contributed by atoms with van der Waals surface area (Å²) in [5.41, 5.74) is 2.52. The van der Waals surface area contributed by atoms with Crippen LogP contribution in [-0.2, 0) is 34.4 Å². The first-order valence-corrected chi connectivity index (χ1v) is 18.7. The van der Waals surface area contributed by atoms with Gasteiger partial charge in [-0.05, 0) is 87.5 Å². The average molecular weight is 688 g/mol.